The van der Waals surface area contributed by atoms with Gasteiger partial charge in [0.05, 0.1) is 0 Å². The summed E-state index contributed by atoms with van der Waals surface area (Å²) in [5.74, 6) is 1.92. The lowest BCUT2D eigenvalue weighted by Crippen LogP contribution is -2.44. The van der Waals surface area contributed by atoms with Crippen molar-refractivity contribution in [3.05, 3.63) is 70.8 Å². The molecule has 25 heavy (non-hydrogen) atoms. The molecule has 2 aromatic carbocycles. The summed E-state index contributed by atoms with van der Waals surface area (Å²) in [6.07, 6.45) is 3.63. The van der Waals surface area contributed by atoms with E-state index in [0.717, 1.165) is 18.8 Å². The lowest BCUT2D eigenvalue weighted by Gasteiger charge is -2.47. The maximum Gasteiger partial charge on any atom is 0.0136 e. The van der Waals surface area contributed by atoms with E-state index in [1.165, 1.54) is 26.1 Å². The van der Waals surface area contributed by atoms with Gasteiger partial charge in [0.2, 0.25) is 0 Å². The number of benzene rings is 2. The van der Waals surface area contributed by atoms with Crippen molar-refractivity contribution < 1.29 is 0 Å². The predicted molar refractivity (Wildman–Crippen MR) is 106 cm³/mol. The molecule has 1 heterocycles. The van der Waals surface area contributed by atoms with Gasteiger partial charge < -0.3 is 10.6 Å². The van der Waals surface area contributed by atoms with Gasteiger partial charge in [-0.3, -0.25) is 0 Å². The van der Waals surface area contributed by atoms with Gasteiger partial charge in [-0.2, -0.15) is 0 Å². The minimum Gasteiger partial charge on any atom is -0.328 e. The molecular formula is C22H27ClN2. The summed E-state index contributed by atoms with van der Waals surface area (Å²) in [4.78, 5) is 2.67. The molecule has 1 fully saturated rings. The van der Waals surface area contributed by atoms with Gasteiger partial charge in [-0.25, -0.2) is 0 Å². The van der Waals surface area contributed by atoms with E-state index < -0.39 is 0 Å². The van der Waals surface area contributed by atoms with Crippen LogP contribution in [0.15, 0.2) is 48.5 Å². The third-order valence-electron chi connectivity index (χ3n) is 6.55. The Hall–Kier alpha value is -1.35. The zero-order valence-electron chi connectivity index (χ0n) is 14.6. The molecule has 132 valence electrons. The number of fused-ring (bicyclic) bond motifs is 1. The third kappa shape index (κ3) is 2.81. The van der Waals surface area contributed by atoms with Crippen LogP contribution in [0.2, 0.25) is 0 Å². The Morgan fingerprint density at radius 1 is 0.840 bits per heavy atom. The van der Waals surface area contributed by atoms with Crippen molar-refractivity contribution >= 4 is 12.4 Å². The highest BCUT2D eigenvalue weighted by Crippen LogP contribution is 2.55. The van der Waals surface area contributed by atoms with Crippen LogP contribution >= 0.6 is 12.4 Å². The molecule has 2 aromatic rings. The summed E-state index contributed by atoms with van der Waals surface area (Å²) in [5, 5.41) is 0. The first-order valence-electron chi connectivity index (χ1n) is 9.47. The highest BCUT2D eigenvalue weighted by atomic mass is 35.5. The molecule has 2 nitrogen and oxygen atoms in total. The molecule has 3 heteroatoms. The molecule has 3 aliphatic carbocycles. The van der Waals surface area contributed by atoms with Crippen molar-refractivity contribution in [2.75, 3.05) is 19.6 Å². The number of hydrogen-bond acceptors (Lipinski definition) is 2. The van der Waals surface area contributed by atoms with Crippen LogP contribution in [-0.2, 0) is 0 Å². The molecule has 0 aromatic heterocycles. The average molecular weight is 355 g/mol. The maximum absolute atomic E-state index is 6.09. The third-order valence-corrected chi connectivity index (χ3v) is 6.55. The monoisotopic (exact) mass is 354 g/mol. The molecule has 1 saturated heterocycles. The van der Waals surface area contributed by atoms with Crippen molar-refractivity contribution in [3.8, 4) is 0 Å². The van der Waals surface area contributed by atoms with E-state index >= 15 is 0 Å². The highest BCUT2D eigenvalue weighted by Gasteiger charge is 2.43. The van der Waals surface area contributed by atoms with Gasteiger partial charge in [0.15, 0.2) is 0 Å². The van der Waals surface area contributed by atoms with Gasteiger partial charge in [-0.05, 0) is 60.5 Å². The summed E-state index contributed by atoms with van der Waals surface area (Å²) in [7, 11) is 0. The van der Waals surface area contributed by atoms with Crippen molar-refractivity contribution in [2.45, 2.75) is 37.1 Å². The molecule has 1 atom stereocenters. The summed E-state index contributed by atoms with van der Waals surface area (Å²) in [5.41, 5.74) is 12.4. The molecule has 0 saturated carbocycles. The van der Waals surface area contributed by atoms with Crippen LogP contribution in [0.25, 0.3) is 0 Å². The Kier molecular flexibility index (Phi) is 4.61. The van der Waals surface area contributed by atoms with E-state index in [9.17, 15) is 0 Å². The highest BCUT2D eigenvalue weighted by molar-refractivity contribution is 5.85. The smallest absolute Gasteiger partial charge is 0.0136 e. The van der Waals surface area contributed by atoms with E-state index in [2.05, 4.69) is 53.4 Å². The Bertz CT molecular complexity index is 704. The molecule has 2 N–H and O–H groups in total. The van der Waals surface area contributed by atoms with E-state index in [1.54, 1.807) is 22.3 Å². The SMILES string of the molecule is Cl.NC1CCN(CC2CC3c4ccccc4C2c2ccccc23)CC1. The summed E-state index contributed by atoms with van der Waals surface area (Å²) < 4.78 is 0. The van der Waals surface area contributed by atoms with Gasteiger partial charge in [0, 0.05) is 24.4 Å². The number of rotatable bonds is 2. The van der Waals surface area contributed by atoms with Gasteiger partial charge >= 0.3 is 0 Å². The number of hydrogen-bond donors (Lipinski definition) is 1. The molecule has 0 amide bonds. The molecule has 6 rings (SSSR count). The number of piperidine rings is 1. The van der Waals surface area contributed by atoms with Crippen LogP contribution < -0.4 is 5.73 Å². The zero-order valence-corrected chi connectivity index (χ0v) is 15.4. The van der Waals surface area contributed by atoms with Crippen molar-refractivity contribution in [1.82, 2.24) is 4.90 Å². The zero-order chi connectivity index (χ0) is 16.1. The van der Waals surface area contributed by atoms with Crippen molar-refractivity contribution in [2.24, 2.45) is 11.7 Å². The van der Waals surface area contributed by atoms with Crippen molar-refractivity contribution in [3.63, 3.8) is 0 Å². The maximum atomic E-state index is 6.09. The Balaban J connectivity index is 0.00000157. The Morgan fingerprint density at radius 2 is 1.36 bits per heavy atom. The lowest BCUT2D eigenvalue weighted by atomic mass is 9.59. The summed E-state index contributed by atoms with van der Waals surface area (Å²) in [6.45, 7) is 3.59. The quantitative estimate of drug-likeness (QED) is 0.878. The number of nitrogens with zero attached hydrogens (tertiary/aromatic N) is 1. The van der Waals surface area contributed by atoms with Gasteiger partial charge in [-0.15, -0.1) is 12.4 Å². The summed E-state index contributed by atoms with van der Waals surface area (Å²) in [6, 6.07) is 18.8. The first-order valence-corrected chi connectivity index (χ1v) is 9.47. The van der Waals surface area contributed by atoms with Crippen LogP contribution in [0.4, 0.5) is 0 Å². The number of halogens is 1. The number of likely N-dealkylation sites (tertiary alicyclic amines) is 1. The summed E-state index contributed by atoms with van der Waals surface area (Å²) >= 11 is 0. The Labute approximate surface area is 156 Å². The fourth-order valence-corrected chi connectivity index (χ4v) is 5.41. The fourth-order valence-electron chi connectivity index (χ4n) is 5.41. The van der Waals surface area contributed by atoms with Crippen LogP contribution in [0.5, 0.6) is 0 Å². The predicted octanol–water partition coefficient (Wildman–Crippen LogP) is 4.13. The van der Waals surface area contributed by atoms with Crippen LogP contribution in [0, 0.1) is 5.92 Å². The van der Waals surface area contributed by atoms with E-state index in [-0.39, 0.29) is 12.4 Å². The van der Waals surface area contributed by atoms with Gasteiger partial charge in [0.1, 0.15) is 0 Å². The van der Waals surface area contributed by atoms with Crippen LogP contribution in [-0.4, -0.2) is 30.6 Å². The molecule has 1 aliphatic heterocycles. The van der Waals surface area contributed by atoms with Crippen LogP contribution in [0.3, 0.4) is 0 Å². The largest absolute Gasteiger partial charge is 0.328 e. The molecular weight excluding hydrogens is 328 g/mol. The first kappa shape index (κ1) is 17.1. The first-order chi connectivity index (χ1) is 11.8. The fraction of sp³-hybridized carbons (Fsp3) is 0.455. The molecule has 0 spiro atoms. The van der Waals surface area contributed by atoms with Crippen molar-refractivity contribution in [1.29, 1.82) is 0 Å². The molecule has 0 radical (unpaired) electrons. The number of nitrogens with two attached hydrogens (primary N) is 1. The second-order valence-corrected chi connectivity index (χ2v) is 7.92. The van der Waals surface area contributed by atoms with Gasteiger partial charge in [-0.1, -0.05) is 48.5 Å². The topological polar surface area (TPSA) is 29.3 Å². The minimum absolute atomic E-state index is 0. The van der Waals surface area contributed by atoms with Gasteiger partial charge in [0.25, 0.3) is 0 Å². The molecule has 4 aliphatic rings. The Morgan fingerprint density at radius 3 is 1.92 bits per heavy atom. The van der Waals surface area contributed by atoms with Crippen LogP contribution in [0.1, 0.15) is 53.4 Å². The molecule has 2 bridgehead atoms. The second-order valence-electron chi connectivity index (χ2n) is 7.92. The minimum atomic E-state index is 0. The molecule has 1 unspecified atom stereocenters. The van der Waals surface area contributed by atoms with E-state index in [4.69, 9.17) is 5.73 Å². The average Bonchev–Trinajstić information content (AvgIpc) is 2.64. The second kappa shape index (κ2) is 6.75. The lowest BCUT2D eigenvalue weighted by molar-refractivity contribution is 0.162. The normalized spacial score (nSPS) is 28.1. The van der Waals surface area contributed by atoms with E-state index in [1.807, 2.05) is 0 Å². The van der Waals surface area contributed by atoms with E-state index in [0.29, 0.717) is 17.9 Å². The standard InChI is InChI=1S/C22H26N2.ClH/c23-16-9-11-24(12-10-16)14-15-13-21-17-5-1-3-7-19(17)22(15)20-8-4-2-6-18(20)21;/h1-8,15-16,21-22H,9-14,23H2;1H.